The van der Waals surface area contributed by atoms with Crippen LogP contribution in [0.15, 0.2) is 48.5 Å². The molecular formula is C21H15ClF6N4O2. The number of halogens is 7. The number of alkyl halides is 6. The molecule has 180 valence electrons. The van der Waals surface area contributed by atoms with E-state index in [1.807, 2.05) is 0 Å². The SMILES string of the molecule is FC(F)(F)Oc1cccc(-c2cc(Nc3ccc(OC(F)(F)F)c(Cl)c3)nc(NC3CC3)n2)c1. The summed E-state index contributed by atoms with van der Waals surface area (Å²) >= 11 is 5.89. The predicted molar refractivity (Wildman–Crippen MR) is 112 cm³/mol. The normalized spacial score (nSPS) is 14.0. The van der Waals surface area contributed by atoms with E-state index < -0.39 is 24.2 Å². The van der Waals surface area contributed by atoms with Gasteiger partial charge in [-0.3, -0.25) is 0 Å². The van der Waals surface area contributed by atoms with E-state index in [2.05, 4.69) is 30.1 Å². The topological polar surface area (TPSA) is 68.3 Å². The molecular weight excluding hydrogens is 490 g/mol. The van der Waals surface area contributed by atoms with Crippen molar-refractivity contribution in [3.05, 3.63) is 53.6 Å². The van der Waals surface area contributed by atoms with Gasteiger partial charge in [-0.25, -0.2) is 4.98 Å². The Kier molecular flexibility index (Phi) is 6.34. The zero-order valence-electron chi connectivity index (χ0n) is 17.0. The molecule has 1 aromatic heterocycles. The summed E-state index contributed by atoms with van der Waals surface area (Å²) in [5, 5.41) is 5.73. The van der Waals surface area contributed by atoms with Gasteiger partial charge in [0.1, 0.15) is 17.3 Å². The summed E-state index contributed by atoms with van der Waals surface area (Å²) < 4.78 is 83.0. The first kappa shape index (κ1) is 23.7. The van der Waals surface area contributed by atoms with Crippen molar-refractivity contribution in [2.24, 2.45) is 0 Å². The average molecular weight is 505 g/mol. The van der Waals surface area contributed by atoms with Crippen LogP contribution in [0.5, 0.6) is 11.5 Å². The van der Waals surface area contributed by atoms with Crippen molar-refractivity contribution in [3.63, 3.8) is 0 Å². The van der Waals surface area contributed by atoms with Crippen LogP contribution in [0.3, 0.4) is 0 Å². The minimum absolute atomic E-state index is 0.177. The van der Waals surface area contributed by atoms with E-state index in [9.17, 15) is 26.3 Å². The number of nitrogens with zero attached hydrogens (tertiary/aromatic N) is 2. The van der Waals surface area contributed by atoms with E-state index in [1.54, 1.807) is 6.07 Å². The number of ether oxygens (including phenoxy) is 2. The molecule has 34 heavy (non-hydrogen) atoms. The number of anilines is 3. The van der Waals surface area contributed by atoms with Crippen LogP contribution < -0.4 is 20.1 Å². The zero-order valence-corrected chi connectivity index (χ0v) is 17.7. The largest absolute Gasteiger partial charge is 0.573 e. The van der Waals surface area contributed by atoms with Crippen LogP contribution in [-0.2, 0) is 0 Å². The standard InChI is InChI=1S/C21H15ClF6N4O2/c22-15-9-13(6-7-17(15)34-21(26,27)28)29-18-10-16(31-19(32-18)30-12-4-5-12)11-2-1-3-14(8-11)33-20(23,24)25/h1-3,6-10,12H,4-5H2,(H2,29,30,31,32). The fourth-order valence-electron chi connectivity index (χ4n) is 2.92. The van der Waals surface area contributed by atoms with E-state index in [1.165, 1.54) is 30.3 Å². The lowest BCUT2D eigenvalue weighted by Gasteiger charge is -2.14. The number of nitrogens with one attached hydrogen (secondary N) is 2. The second kappa shape index (κ2) is 9.09. The molecule has 2 N–H and O–H groups in total. The van der Waals surface area contributed by atoms with Crippen LogP contribution in [0, 0.1) is 0 Å². The quantitative estimate of drug-likeness (QED) is 0.341. The van der Waals surface area contributed by atoms with Crippen molar-refractivity contribution in [2.75, 3.05) is 10.6 Å². The molecule has 2 aromatic carbocycles. The number of rotatable bonds is 7. The molecule has 6 nitrogen and oxygen atoms in total. The predicted octanol–water partition coefficient (Wildman–Crippen LogP) is 6.91. The lowest BCUT2D eigenvalue weighted by Crippen LogP contribution is -2.17. The van der Waals surface area contributed by atoms with Gasteiger partial charge >= 0.3 is 12.7 Å². The lowest BCUT2D eigenvalue weighted by molar-refractivity contribution is -0.275. The van der Waals surface area contributed by atoms with Crippen LogP contribution in [0.4, 0.5) is 43.8 Å². The van der Waals surface area contributed by atoms with Gasteiger partial charge < -0.3 is 20.1 Å². The molecule has 0 aliphatic heterocycles. The molecule has 0 atom stereocenters. The van der Waals surface area contributed by atoms with Crippen LogP contribution in [0.2, 0.25) is 5.02 Å². The Labute approximate surface area is 193 Å². The third kappa shape index (κ3) is 6.80. The second-order valence-corrected chi connectivity index (χ2v) is 7.68. The summed E-state index contributed by atoms with van der Waals surface area (Å²) in [6.45, 7) is 0. The molecule has 3 aromatic rings. The molecule has 1 fully saturated rings. The maximum absolute atomic E-state index is 12.6. The molecule has 0 radical (unpaired) electrons. The Balaban J connectivity index is 1.63. The first-order chi connectivity index (χ1) is 15.9. The molecule has 0 unspecified atom stereocenters. The van der Waals surface area contributed by atoms with Gasteiger partial charge in [0.2, 0.25) is 5.95 Å². The third-order valence-electron chi connectivity index (χ3n) is 4.43. The summed E-state index contributed by atoms with van der Waals surface area (Å²) in [6.07, 6.45) is -7.91. The van der Waals surface area contributed by atoms with E-state index in [0.717, 1.165) is 25.0 Å². The summed E-state index contributed by atoms with van der Waals surface area (Å²) in [6, 6.07) is 10.5. The zero-order chi connectivity index (χ0) is 24.5. The molecule has 1 aliphatic rings. The van der Waals surface area contributed by atoms with Gasteiger partial charge in [-0.05, 0) is 43.2 Å². The Hall–Kier alpha value is -3.41. The van der Waals surface area contributed by atoms with Gasteiger partial charge in [0.05, 0.1) is 10.7 Å². The monoisotopic (exact) mass is 504 g/mol. The second-order valence-electron chi connectivity index (χ2n) is 7.27. The minimum Gasteiger partial charge on any atom is -0.406 e. The molecule has 0 saturated heterocycles. The van der Waals surface area contributed by atoms with Gasteiger partial charge in [0, 0.05) is 23.4 Å². The highest BCUT2D eigenvalue weighted by Crippen LogP contribution is 2.34. The number of hydrogen-bond acceptors (Lipinski definition) is 6. The van der Waals surface area contributed by atoms with Gasteiger partial charge in [0.25, 0.3) is 0 Å². The van der Waals surface area contributed by atoms with E-state index in [0.29, 0.717) is 11.3 Å². The van der Waals surface area contributed by atoms with Crippen molar-refractivity contribution < 1.29 is 35.8 Å². The van der Waals surface area contributed by atoms with Gasteiger partial charge in [0.15, 0.2) is 0 Å². The van der Waals surface area contributed by atoms with Crippen molar-refractivity contribution >= 4 is 29.1 Å². The van der Waals surface area contributed by atoms with Crippen LogP contribution >= 0.6 is 11.6 Å². The van der Waals surface area contributed by atoms with E-state index in [-0.39, 0.29) is 28.5 Å². The third-order valence-corrected chi connectivity index (χ3v) is 4.73. The van der Waals surface area contributed by atoms with Gasteiger partial charge in [-0.1, -0.05) is 23.7 Å². The summed E-state index contributed by atoms with van der Waals surface area (Å²) in [7, 11) is 0. The van der Waals surface area contributed by atoms with Crippen LogP contribution in [-0.4, -0.2) is 28.7 Å². The molecule has 13 heteroatoms. The van der Waals surface area contributed by atoms with Gasteiger partial charge in [-0.15, -0.1) is 26.3 Å². The molecule has 1 saturated carbocycles. The average Bonchev–Trinajstić information content (AvgIpc) is 3.52. The van der Waals surface area contributed by atoms with E-state index >= 15 is 0 Å². The minimum atomic E-state index is -4.89. The van der Waals surface area contributed by atoms with Crippen LogP contribution in [0.1, 0.15) is 12.8 Å². The van der Waals surface area contributed by atoms with Crippen molar-refractivity contribution in [1.82, 2.24) is 9.97 Å². The first-order valence-electron chi connectivity index (χ1n) is 9.78. The maximum Gasteiger partial charge on any atom is 0.573 e. The fraction of sp³-hybridized carbons (Fsp3) is 0.238. The van der Waals surface area contributed by atoms with E-state index in [4.69, 9.17) is 11.6 Å². The molecule has 1 aliphatic carbocycles. The molecule has 0 bridgehead atoms. The Morgan fingerprint density at radius 3 is 2.26 bits per heavy atom. The molecule has 0 amide bonds. The van der Waals surface area contributed by atoms with Crippen molar-refractivity contribution in [2.45, 2.75) is 31.6 Å². The van der Waals surface area contributed by atoms with Crippen LogP contribution in [0.25, 0.3) is 11.3 Å². The Morgan fingerprint density at radius 2 is 1.62 bits per heavy atom. The highest BCUT2D eigenvalue weighted by molar-refractivity contribution is 6.32. The van der Waals surface area contributed by atoms with Crippen molar-refractivity contribution in [3.8, 4) is 22.8 Å². The molecule has 1 heterocycles. The number of hydrogen-bond donors (Lipinski definition) is 2. The first-order valence-corrected chi connectivity index (χ1v) is 10.2. The molecule has 0 spiro atoms. The fourth-order valence-corrected chi connectivity index (χ4v) is 3.14. The highest BCUT2D eigenvalue weighted by Gasteiger charge is 2.32. The number of benzene rings is 2. The van der Waals surface area contributed by atoms with Crippen molar-refractivity contribution in [1.29, 1.82) is 0 Å². The lowest BCUT2D eigenvalue weighted by atomic mass is 10.1. The highest BCUT2D eigenvalue weighted by atomic mass is 35.5. The summed E-state index contributed by atoms with van der Waals surface area (Å²) in [5.41, 5.74) is 0.921. The molecule has 4 rings (SSSR count). The van der Waals surface area contributed by atoms with Gasteiger partial charge in [-0.2, -0.15) is 4.98 Å². The number of aromatic nitrogens is 2. The Bertz CT molecular complexity index is 1180. The summed E-state index contributed by atoms with van der Waals surface area (Å²) in [5.74, 6) is -0.522. The summed E-state index contributed by atoms with van der Waals surface area (Å²) in [4.78, 5) is 8.69. The smallest absolute Gasteiger partial charge is 0.406 e. The maximum atomic E-state index is 12.6. The Morgan fingerprint density at radius 1 is 0.882 bits per heavy atom.